The van der Waals surface area contributed by atoms with Gasteiger partial charge in [0.25, 0.3) is 0 Å². The van der Waals surface area contributed by atoms with Crippen molar-refractivity contribution in [2.45, 2.75) is 30.4 Å². The Morgan fingerprint density at radius 1 is 1.20 bits per heavy atom. The number of hydrogen-bond donors (Lipinski definition) is 1. The first-order valence-corrected chi connectivity index (χ1v) is 9.65. The van der Waals surface area contributed by atoms with Crippen molar-refractivity contribution < 1.29 is 22.7 Å². The number of nitrogens with zero attached hydrogens (tertiary/aromatic N) is 4. The fraction of sp³-hybridized carbons (Fsp3) is 0.263. The van der Waals surface area contributed by atoms with E-state index in [-0.39, 0.29) is 5.69 Å². The van der Waals surface area contributed by atoms with Gasteiger partial charge in [-0.05, 0) is 66.2 Å². The second-order valence-electron chi connectivity index (χ2n) is 6.37. The zero-order valence-electron chi connectivity index (χ0n) is 16.3. The Morgan fingerprint density at radius 2 is 1.90 bits per heavy atom. The van der Waals surface area contributed by atoms with Gasteiger partial charge in [-0.15, -0.1) is 5.10 Å². The number of aromatic nitrogens is 4. The van der Waals surface area contributed by atoms with Crippen LogP contribution < -0.4 is 10.1 Å². The van der Waals surface area contributed by atoms with Crippen molar-refractivity contribution >= 4 is 23.4 Å². The molecule has 1 N–H and O–H groups in total. The SMILES string of the molecule is COc1ccc(C)cc1-n1nnnc1SC(C)C(=O)Nc1ccc(C(F)(F)F)cc1. The van der Waals surface area contributed by atoms with E-state index in [0.29, 0.717) is 16.6 Å². The van der Waals surface area contributed by atoms with Crippen LogP contribution in [0, 0.1) is 6.92 Å². The quantitative estimate of drug-likeness (QED) is 0.585. The Morgan fingerprint density at radius 3 is 2.53 bits per heavy atom. The van der Waals surface area contributed by atoms with E-state index in [4.69, 9.17) is 4.74 Å². The van der Waals surface area contributed by atoms with Crippen LogP contribution in [0.5, 0.6) is 5.75 Å². The van der Waals surface area contributed by atoms with Gasteiger partial charge in [-0.1, -0.05) is 17.8 Å². The van der Waals surface area contributed by atoms with Crippen LogP contribution in [0.15, 0.2) is 47.6 Å². The summed E-state index contributed by atoms with van der Waals surface area (Å²) in [6.07, 6.45) is -4.43. The number of benzene rings is 2. The lowest BCUT2D eigenvalue weighted by molar-refractivity contribution is -0.137. The van der Waals surface area contributed by atoms with Gasteiger partial charge in [0.15, 0.2) is 0 Å². The standard InChI is InChI=1S/C19H18F3N5O2S/c1-11-4-9-16(29-3)15(10-11)27-18(24-25-26-27)30-12(2)17(28)23-14-7-5-13(6-8-14)19(20,21)22/h4-10,12H,1-3H3,(H,23,28). The molecule has 0 bridgehead atoms. The Hall–Kier alpha value is -3.08. The highest BCUT2D eigenvalue weighted by Crippen LogP contribution is 2.31. The van der Waals surface area contributed by atoms with Crippen molar-refractivity contribution in [1.82, 2.24) is 20.2 Å². The van der Waals surface area contributed by atoms with E-state index in [1.54, 1.807) is 13.0 Å². The molecule has 30 heavy (non-hydrogen) atoms. The topological polar surface area (TPSA) is 81.9 Å². The predicted molar refractivity (Wildman–Crippen MR) is 106 cm³/mol. The number of tetrazole rings is 1. The fourth-order valence-electron chi connectivity index (χ4n) is 2.57. The van der Waals surface area contributed by atoms with Gasteiger partial charge in [-0.3, -0.25) is 4.79 Å². The molecule has 2 aromatic carbocycles. The van der Waals surface area contributed by atoms with Gasteiger partial charge in [0.1, 0.15) is 11.4 Å². The molecule has 0 spiro atoms. The largest absolute Gasteiger partial charge is 0.494 e. The Balaban J connectivity index is 1.73. The molecule has 1 atom stereocenters. The second kappa shape index (κ2) is 8.74. The average Bonchev–Trinajstić information content (AvgIpc) is 3.15. The number of ether oxygens (including phenoxy) is 1. The number of rotatable bonds is 6. The number of amides is 1. The molecule has 3 rings (SSSR count). The molecule has 11 heteroatoms. The second-order valence-corrected chi connectivity index (χ2v) is 7.68. The zero-order chi connectivity index (χ0) is 21.9. The van der Waals surface area contributed by atoms with Gasteiger partial charge in [-0.2, -0.15) is 17.9 Å². The molecular formula is C19H18F3N5O2S. The molecular weight excluding hydrogens is 419 g/mol. The van der Waals surface area contributed by atoms with Crippen LogP contribution in [0.4, 0.5) is 18.9 Å². The van der Waals surface area contributed by atoms with Crippen LogP contribution in [0.1, 0.15) is 18.1 Å². The lowest BCUT2D eigenvalue weighted by Crippen LogP contribution is -2.23. The third-order valence-electron chi connectivity index (χ3n) is 4.13. The molecule has 0 saturated carbocycles. The van der Waals surface area contributed by atoms with Crippen molar-refractivity contribution in [3.63, 3.8) is 0 Å². The summed E-state index contributed by atoms with van der Waals surface area (Å²) in [6, 6.07) is 9.78. The summed E-state index contributed by atoms with van der Waals surface area (Å²) in [4.78, 5) is 12.5. The summed E-state index contributed by atoms with van der Waals surface area (Å²) < 4.78 is 44.8. The molecule has 0 radical (unpaired) electrons. The summed E-state index contributed by atoms with van der Waals surface area (Å²) in [6.45, 7) is 3.57. The van der Waals surface area contributed by atoms with E-state index >= 15 is 0 Å². The molecule has 0 aliphatic carbocycles. The molecule has 0 fully saturated rings. The van der Waals surface area contributed by atoms with Gasteiger partial charge in [0, 0.05) is 5.69 Å². The summed E-state index contributed by atoms with van der Waals surface area (Å²) >= 11 is 1.11. The van der Waals surface area contributed by atoms with E-state index in [1.807, 2.05) is 19.1 Å². The Bertz CT molecular complexity index is 1040. The van der Waals surface area contributed by atoms with E-state index < -0.39 is 22.9 Å². The third-order valence-corrected chi connectivity index (χ3v) is 5.17. The number of halogens is 3. The number of carbonyl (C=O) groups excluding carboxylic acids is 1. The van der Waals surface area contributed by atoms with Crippen LogP contribution in [0.3, 0.4) is 0 Å². The first kappa shape index (κ1) is 21.6. The highest BCUT2D eigenvalue weighted by molar-refractivity contribution is 8.00. The summed E-state index contributed by atoms with van der Waals surface area (Å²) in [5.41, 5.74) is 1.08. The smallest absolute Gasteiger partial charge is 0.416 e. The van der Waals surface area contributed by atoms with Crippen LogP contribution in [0.2, 0.25) is 0 Å². The minimum absolute atomic E-state index is 0.264. The van der Waals surface area contributed by atoms with Gasteiger partial charge in [0.2, 0.25) is 11.1 Å². The minimum Gasteiger partial charge on any atom is -0.494 e. The van der Waals surface area contributed by atoms with E-state index in [9.17, 15) is 18.0 Å². The van der Waals surface area contributed by atoms with Crippen molar-refractivity contribution in [2.75, 3.05) is 12.4 Å². The van der Waals surface area contributed by atoms with Crippen molar-refractivity contribution in [2.24, 2.45) is 0 Å². The molecule has 1 unspecified atom stereocenters. The number of thioether (sulfide) groups is 1. The van der Waals surface area contributed by atoms with Crippen LogP contribution in [-0.2, 0) is 11.0 Å². The zero-order valence-corrected chi connectivity index (χ0v) is 17.1. The molecule has 158 valence electrons. The summed E-state index contributed by atoms with van der Waals surface area (Å²) in [5.74, 6) is 0.169. The number of anilines is 1. The number of nitrogens with one attached hydrogen (secondary N) is 1. The molecule has 7 nitrogen and oxygen atoms in total. The summed E-state index contributed by atoms with van der Waals surface area (Å²) in [7, 11) is 1.53. The first-order chi connectivity index (χ1) is 14.2. The predicted octanol–water partition coefficient (Wildman–Crippen LogP) is 4.12. The van der Waals surface area contributed by atoms with Crippen molar-refractivity contribution in [1.29, 1.82) is 0 Å². The van der Waals surface area contributed by atoms with Gasteiger partial charge >= 0.3 is 6.18 Å². The lowest BCUT2D eigenvalue weighted by Gasteiger charge is -2.14. The number of hydrogen-bond acceptors (Lipinski definition) is 6. The summed E-state index contributed by atoms with van der Waals surface area (Å²) in [5, 5.41) is 14.0. The molecule has 3 aromatic rings. The van der Waals surface area contributed by atoms with Crippen molar-refractivity contribution in [3.8, 4) is 11.4 Å². The van der Waals surface area contributed by atoms with E-state index in [0.717, 1.165) is 29.5 Å². The molecule has 0 aliphatic heterocycles. The number of alkyl halides is 3. The maximum Gasteiger partial charge on any atom is 0.416 e. The average molecular weight is 437 g/mol. The number of methoxy groups -OCH3 is 1. The monoisotopic (exact) mass is 437 g/mol. The van der Waals surface area contributed by atoms with Gasteiger partial charge < -0.3 is 10.1 Å². The third kappa shape index (κ3) is 4.90. The van der Waals surface area contributed by atoms with Crippen LogP contribution >= 0.6 is 11.8 Å². The molecule has 1 amide bonds. The van der Waals surface area contributed by atoms with Crippen LogP contribution in [0.25, 0.3) is 5.69 Å². The molecule has 0 aliphatic rings. The maximum absolute atomic E-state index is 12.7. The minimum atomic E-state index is -4.43. The normalized spacial score (nSPS) is 12.5. The lowest BCUT2D eigenvalue weighted by atomic mass is 10.2. The van der Waals surface area contributed by atoms with E-state index in [1.165, 1.54) is 23.9 Å². The molecule has 1 heterocycles. The molecule has 1 aromatic heterocycles. The Kier molecular flexibility index (Phi) is 6.30. The highest BCUT2D eigenvalue weighted by Gasteiger charge is 2.30. The highest BCUT2D eigenvalue weighted by atomic mass is 32.2. The van der Waals surface area contributed by atoms with E-state index in [2.05, 4.69) is 20.8 Å². The van der Waals surface area contributed by atoms with Gasteiger partial charge in [0.05, 0.1) is 17.9 Å². The number of carbonyl (C=O) groups is 1. The molecule has 0 saturated heterocycles. The first-order valence-electron chi connectivity index (χ1n) is 8.77. The maximum atomic E-state index is 12.7. The van der Waals surface area contributed by atoms with Crippen molar-refractivity contribution in [3.05, 3.63) is 53.6 Å². The fourth-order valence-corrected chi connectivity index (χ4v) is 3.37. The number of aryl methyl sites for hydroxylation is 1. The van der Waals surface area contributed by atoms with Crippen LogP contribution in [-0.4, -0.2) is 38.5 Å². The van der Waals surface area contributed by atoms with Gasteiger partial charge in [-0.25, -0.2) is 0 Å². The Labute approximate surface area is 174 Å².